The fraction of sp³-hybridized carbons (Fsp3) is 0.172. The minimum absolute atomic E-state index is 0.0132. The lowest BCUT2D eigenvalue weighted by Gasteiger charge is -2.12. The van der Waals surface area contributed by atoms with Crippen molar-refractivity contribution in [2.75, 3.05) is 6.61 Å². The van der Waals surface area contributed by atoms with Crippen LogP contribution in [0.25, 0.3) is 33.4 Å². The maximum absolute atomic E-state index is 15.0. The number of halogens is 5. The Kier molecular flexibility index (Phi) is 6.15. The molecule has 5 rings (SSSR count). The number of epoxide rings is 1. The van der Waals surface area contributed by atoms with Gasteiger partial charge in [0.05, 0.1) is 17.7 Å². The van der Waals surface area contributed by atoms with Gasteiger partial charge in [-0.2, -0.15) is 0 Å². The molecule has 1 fully saturated rings. The first-order valence-electron chi connectivity index (χ1n) is 11.3. The van der Waals surface area contributed by atoms with Crippen LogP contribution < -0.4 is 0 Å². The van der Waals surface area contributed by atoms with Gasteiger partial charge in [0, 0.05) is 5.56 Å². The number of benzene rings is 4. The van der Waals surface area contributed by atoms with Crippen LogP contribution in [0.3, 0.4) is 0 Å². The summed E-state index contributed by atoms with van der Waals surface area (Å²) in [6.45, 7) is 2.29. The van der Waals surface area contributed by atoms with Crippen LogP contribution >= 0.6 is 0 Å². The lowest BCUT2D eigenvalue weighted by atomic mass is 9.95. The van der Waals surface area contributed by atoms with Gasteiger partial charge in [-0.1, -0.05) is 49.7 Å². The molecule has 6 heteroatoms. The molecule has 0 N–H and O–H groups in total. The van der Waals surface area contributed by atoms with E-state index >= 15 is 0 Å². The van der Waals surface area contributed by atoms with Gasteiger partial charge in [-0.15, -0.1) is 0 Å². The van der Waals surface area contributed by atoms with E-state index in [9.17, 15) is 22.0 Å². The predicted molar refractivity (Wildman–Crippen MR) is 125 cm³/mol. The molecule has 0 saturated carbocycles. The molecule has 35 heavy (non-hydrogen) atoms. The van der Waals surface area contributed by atoms with Crippen molar-refractivity contribution in [1.29, 1.82) is 0 Å². The van der Waals surface area contributed by atoms with Gasteiger partial charge in [0.25, 0.3) is 0 Å². The molecule has 0 radical (unpaired) electrons. The van der Waals surface area contributed by atoms with E-state index in [1.54, 1.807) is 6.07 Å². The summed E-state index contributed by atoms with van der Waals surface area (Å²) in [5, 5.41) is 0. The highest BCUT2D eigenvalue weighted by molar-refractivity contribution is 5.75. The van der Waals surface area contributed by atoms with Gasteiger partial charge in [0.15, 0.2) is 0 Å². The summed E-state index contributed by atoms with van der Waals surface area (Å²) in [7, 11) is 0. The van der Waals surface area contributed by atoms with Crippen LogP contribution in [0.5, 0.6) is 0 Å². The minimum atomic E-state index is -1.05. The second-order valence-electron chi connectivity index (χ2n) is 8.63. The van der Waals surface area contributed by atoms with Crippen LogP contribution in [0.4, 0.5) is 22.0 Å². The number of aryl methyl sites for hydroxylation is 1. The van der Waals surface area contributed by atoms with Crippen molar-refractivity contribution in [2.24, 2.45) is 0 Å². The van der Waals surface area contributed by atoms with Crippen molar-refractivity contribution in [3.63, 3.8) is 0 Å². The van der Waals surface area contributed by atoms with Gasteiger partial charge in [-0.25, -0.2) is 22.0 Å². The Balaban J connectivity index is 1.47. The molecule has 0 aromatic heterocycles. The van der Waals surface area contributed by atoms with Crippen molar-refractivity contribution >= 4 is 0 Å². The van der Waals surface area contributed by atoms with E-state index in [0.29, 0.717) is 5.56 Å². The Labute approximate surface area is 199 Å². The van der Waals surface area contributed by atoms with Crippen molar-refractivity contribution < 1.29 is 26.7 Å². The molecule has 1 saturated heterocycles. The third kappa shape index (κ3) is 4.58. The fourth-order valence-electron chi connectivity index (χ4n) is 4.34. The average Bonchev–Trinajstić information content (AvgIpc) is 3.64. The van der Waals surface area contributed by atoms with Crippen LogP contribution in [-0.4, -0.2) is 6.61 Å². The van der Waals surface area contributed by atoms with Gasteiger partial charge < -0.3 is 4.74 Å². The van der Waals surface area contributed by atoms with Gasteiger partial charge in [0.1, 0.15) is 35.2 Å². The monoisotopic (exact) mass is 480 g/mol. The van der Waals surface area contributed by atoms with Crippen LogP contribution in [0.15, 0.2) is 66.7 Å². The summed E-state index contributed by atoms with van der Waals surface area (Å²) < 4.78 is 78.6. The number of hydrogen-bond donors (Lipinski definition) is 0. The molecular formula is C29H21F5O. The molecule has 1 aliphatic rings. The molecule has 1 atom stereocenters. The molecule has 4 aromatic rings. The Hall–Kier alpha value is -3.51. The lowest BCUT2D eigenvalue weighted by Crippen LogP contribution is -1.99. The largest absolute Gasteiger partial charge is 0.368 e. The van der Waals surface area contributed by atoms with Crippen LogP contribution in [0.2, 0.25) is 0 Å². The highest BCUT2D eigenvalue weighted by atomic mass is 19.1. The molecule has 0 bridgehead atoms. The van der Waals surface area contributed by atoms with Crippen molar-refractivity contribution in [3.8, 4) is 33.4 Å². The molecule has 0 spiro atoms. The molecule has 1 nitrogen and oxygen atoms in total. The zero-order valence-corrected chi connectivity index (χ0v) is 18.8. The smallest absolute Gasteiger partial charge is 0.134 e. The van der Waals surface area contributed by atoms with Crippen LogP contribution in [0, 0.1) is 29.1 Å². The van der Waals surface area contributed by atoms with Crippen LogP contribution in [0.1, 0.15) is 30.6 Å². The number of ether oxygens (including phenoxy) is 1. The van der Waals surface area contributed by atoms with Gasteiger partial charge in [-0.05, 0) is 64.6 Å². The molecular weight excluding hydrogens is 459 g/mol. The summed E-state index contributed by atoms with van der Waals surface area (Å²) in [5.74, 6) is -4.62. The first-order chi connectivity index (χ1) is 16.9. The standard InChI is InChI=1S/C29H21F5O/c1-2-3-16-4-6-17(7-5-16)18-8-9-21(22(30)10-18)19-11-23(31)28(24(32)12-19)20-13-25(33)29(26(34)14-20)27-15-35-27/h4-14,27H,2-3,15H2,1H3. The Morgan fingerprint density at radius 2 is 1.20 bits per heavy atom. The van der Waals surface area contributed by atoms with E-state index in [1.807, 2.05) is 24.3 Å². The zero-order valence-electron chi connectivity index (χ0n) is 18.8. The minimum Gasteiger partial charge on any atom is -0.368 e. The topological polar surface area (TPSA) is 12.5 Å². The summed E-state index contributed by atoms with van der Waals surface area (Å²) in [4.78, 5) is 0. The zero-order chi connectivity index (χ0) is 24.7. The first-order valence-corrected chi connectivity index (χ1v) is 11.3. The van der Waals surface area contributed by atoms with Crippen molar-refractivity contribution in [3.05, 3.63) is 107 Å². The Morgan fingerprint density at radius 3 is 1.74 bits per heavy atom. The molecule has 1 heterocycles. The highest BCUT2D eigenvalue weighted by Gasteiger charge is 2.32. The molecule has 178 valence electrons. The Morgan fingerprint density at radius 1 is 0.657 bits per heavy atom. The van der Waals surface area contributed by atoms with E-state index < -0.39 is 40.8 Å². The van der Waals surface area contributed by atoms with Crippen molar-refractivity contribution in [1.82, 2.24) is 0 Å². The maximum Gasteiger partial charge on any atom is 0.134 e. The molecule has 4 aromatic carbocycles. The second kappa shape index (κ2) is 9.27. The van der Waals surface area contributed by atoms with E-state index in [4.69, 9.17) is 4.74 Å². The SMILES string of the molecule is CCCc1ccc(-c2ccc(-c3cc(F)c(-c4cc(F)c(C5CO5)c(F)c4)c(F)c3)c(F)c2)cc1. The third-order valence-corrected chi connectivity index (χ3v) is 6.17. The summed E-state index contributed by atoms with van der Waals surface area (Å²) >= 11 is 0. The van der Waals surface area contributed by atoms with E-state index in [0.717, 1.165) is 42.7 Å². The fourth-order valence-corrected chi connectivity index (χ4v) is 4.34. The van der Waals surface area contributed by atoms with E-state index in [-0.39, 0.29) is 28.9 Å². The predicted octanol–water partition coefficient (Wildman–Crippen LogP) is 8.41. The summed E-state index contributed by atoms with van der Waals surface area (Å²) in [5.41, 5.74) is 1.52. The number of hydrogen-bond acceptors (Lipinski definition) is 1. The van der Waals surface area contributed by atoms with Gasteiger partial charge >= 0.3 is 0 Å². The first kappa shape index (κ1) is 23.2. The molecule has 0 amide bonds. The summed E-state index contributed by atoms with van der Waals surface area (Å²) in [6, 6.07) is 15.9. The molecule has 1 unspecified atom stereocenters. The van der Waals surface area contributed by atoms with Gasteiger partial charge in [0.2, 0.25) is 0 Å². The third-order valence-electron chi connectivity index (χ3n) is 6.17. The van der Waals surface area contributed by atoms with Gasteiger partial charge in [-0.3, -0.25) is 0 Å². The van der Waals surface area contributed by atoms with Crippen LogP contribution in [-0.2, 0) is 11.2 Å². The average molecular weight is 480 g/mol. The Bertz CT molecular complexity index is 1360. The summed E-state index contributed by atoms with van der Waals surface area (Å²) in [6.07, 6.45) is 1.31. The maximum atomic E-state index is 15.0. The highest BCUT2D eigenvalue weighted by Crippen LogP contribution is 2.38. The second-order valence-corrected chi connectivity index (χ2v) is 8.63. The van der Waals surface area contributed by atoms with E-state index in [2.05, 4.69) is 6.92 Å². The molecule has 1 aliphatic heterocycles. The normalized spacial score (nSPS) is 14.9. The quantitative estimate of drug-likeness (QED) is 0.199. The van der Waals surface area contributed by atoms with E-state index in [1.165, 1.54) is 17.7 Å². The lowest BCUT2D eigenvalue weighted by molar-refractivity contribution is 0.398. The molecule has 0 aliphatic carbocycles. The number of rotatable bonds is 6. The van der Waals surface area contributed by atoms with Crippen molar-refractivity contribution in [2.45, 2.75) is 25.9 Å².